The Labute approximate surface area is 146 Å². The van der Waals surface area contributed by atoms with Gasteiger partial charge in [-0.1, -0.05) is 30.3 Å². The zero-order valence-corrected chi connectivity index (χ0v) is 14.2. The van der Waals surface area contributed by atoms with E-state index in [1.165, 1.54) is 0 Å². The second-order valence-electron chi connectivity index (χ2n) is 5.97. The van der Waals surface area contributed by atoms with E-state index in [1.807, 2.05) is 56.3 Å². The van der Waals surface area contributed by atoms with Gasteiger partial charge in [-0.3, -0.25) is 14.6 Å². The normalized spacial score (nSPS) is 10.5. The Bertz CT molecular complexity index is 945. The number of hydrogen-bond acceptors (Lipinski definition) is 3. The van der Waals surface area contributed by atoms with E-state index < -0.39 is 0 Å². The molecule has 5 heteroatoms. The van der Waals surface area contributed by atoms with Crippen LogP contribution in [0.1, 0.15) is 17.5 Å². The summed E-state index contributed by atoms with van der Waals surface area (Å²) < 4.78 is 0. The number of carbonyl (C=O) groups excluding carboxylic acids is 2. The Kier molecular flexibility index (Phi) is 4.75. The number of hydrogen-bond donors (Lipinski definition) is 2. The highest BCUT2D eigenvalue weighted by atomic mass is 16.2. The molecule has 5 nitrogen and oxygen atoms in total. The van der Waals surface area contributed by atoms with Crippen molar-refractivity contribution in [2.75, 3.05) is 10.6 Å². The molecule has 0 saturated heterocycles. The molecule has 0 aliphatic carbocycles. The van der Waals surface area contributed by atoms with E-state index in [4.69, 9.17) is 0 Å². The quantitative estimate of drug-likeness (QED) is 0.713. The number of amides is 2. The van der Waals surface area contributed by atoms with Gasteiger partial charge in [0.25, 0.3) is 0 Å². The van der Waals surface area contributed by atoms with E-state index in [9.17, 15) is 9.59 Å². The van der Waals surface area contributed by atoms with Gasteiger partial charge >= 0.3 is 0 Å². The van der Waals surface area contributed by atoms with Crippen molar-refractivity contribution in [2.45, 2.75) is 20.3 Å². The van der Waals surface area contributed by atoms with Crippen molar-refractivity contribution >= 4 is 34.1 Å². The standard InChI is InChI=1S/C20H19N3O2/c1-13-8-9-14(2)17(11-13)23-19(25)12-18(24)22-16-7-3-5-15-6-4-10-21-20(15)16/h3-11H,12H2,1-2H3,(H,22,24)(H,23,25). The third-order valence-corrected chi connectivity index (χ3v) is 3.90. The van der Waals surface area contributed by atoms with Crippen LogP contribution >= 0.6 is 0 Å². The number of nitrogens with one attached hydrogen (secondary N) is 2. The van der Waals surface area contributed by atoms with Crippen molar-refractivity contribution in [2.24, 2.45) is 0 Å². The van der Waals surface area contributed by atoms with E-state index in [2.05, 4.69) is 15.6 Å². The van der Waals surface area contributed by atoms with Crippen LogP contribution in [0, 0.1) is 13.8 Å². The molecule has 25 heavy (non-hydrogen) atoms. The van der Waals surface area contributed by atoms with Crippen LogP contribution in [0.4, 0.5) is 11.4 Å². The lowest BCUT2D eigenvalue weighted by molar-refractivity contribution is -0.123. The maximum absolute atomic E-state index is 12.2. The fourth-order valence-electron chi connectivity index (χ4n) is 2.61. The third kappa shape index (κ3) is 4.01. The molecule has 1 aromatic heterocycles. The van der Waals surface area contributed by atoms with E-state index in [0.717, 1.165) is 22.2 Å². The molecule has 0 aliphatic rings. The molecule has 0 spiro atoms. The maximum Gasteiger partial charge on any atom is 0.233 e. The van der Waals surface area contributed by atoms with Crippen LogP contribution in [0.3, 0.4) is 0 Å². The Morgan fingerprint density at radius 3 is 2.44 bits per heavy atom. The van der Waals surface area contributed by atoms with Gasteiger partial charge in [-0.15, -0.1) is 0 Å². The molecule has 0 atom stereocenters. The molecule has 2 N–H and O–H groups in total. The summed E-state index contributed by atoms with van der Waals surface area (Å²) >= 11 is 0. The highest BCUT2D eigenvalue weighted by molar-refractivity contribution is 6.10. The van der Waals surface area contributed by atoms with Gasteiger partial charge in [0.05, 0.1) is 11.2 Å². The molecule has 1 heterocycles. The Morgan fingerprint density at radius 1 is 0.920 bits per heavy atom. The lowest BCUT2D eigenvalue weighted by atomic mass is 10.1. The average Bonchev–Trinajstić information content (AvgIpc) is 2.58. The van der Waals surface area contributed by atoms with Crippen molar-refractivity contribution in [1.82, 2.24) is 4.98 Å². The summed E-state index contributed by atoms with van der Waals surface area (Å²) in [5.74, 6) is -0.722. The predicted octanol–water partition coefficient (Wildman–Crippen LogP) is 3.82. The average molecular weight is 333 g/mol. The van der Waals surface area contributed by atoms with Crippen molar-refractivity contribution in [3.63, 3.8) is 0 Å². The van der Waals surface area contributed by atoms with Crippen LogP contribution in [-0.2, 0) is 9.59 Å². The summed E-state index contributed by atoms with van der Waals surface area (Å²) in [5, 5.41) is 6.49. The number of pyridine rings is 1. The van der Waals surface area contributed by atoms with Gasteiger partial charge in [-0.05, 0) is 43.2 Å². The van der Waals surface area contributed by atoms with Crippen LogP contribution in [0.15, 0.2) is 54.7 Å². The molecule has 2 amide bonds. The highest BCUT2D eigenvalue weighted by Crippen LogP contribution is 2.21. The van der Waals surface area contributed by atoms with Crippen LogP contribution in [0.5, 0.6) is 0 Å². The van der Waals surface area contributed by atoms with Gasteiger partial charge in [-0.2, -0.15) is 0 Å². The molecule has 126 valence electrons. The van der Waals surface area contributed by atoms with Crippen molar-refractivity contribution in [3.05, 3.63) is 65.9 Å². The number of para-hydroxylation sites is 1. The first-order valence-corrected chi connectivity index (χ1v) is 8.03. The van der Waals surface area contributed by atoms with E-state index in [1.54, 1.807) is 12.3 Å². The summed E-state index contributed by atoms with van der Waals surface area (Å²) in [6.45, 7) is 3.87. The first-order chi connectivity index (χ1) is 12.0. The van der Waals surface area contributed by atoms with Gasteiger partial charge in [0.2, 0.25) is 11.8 Å². The molecule has 0 unspecified atom stereocenters. The van der Waals surface area contributed by atoms with Crippen LogP contribution < -0.4 is 10.6 Å². The van der Waals surface area contributed by atoms with Gasteiger partial charge in [0, 0.05) is 17.3 Å². The molecule has 0 radical (unpaired) electrons. The fourth-order valence-corrected chi connectivity index (χ4v) is 2.61. The first-order valence-electron chi connectivity index (χ1n) is 8.03. The number of aromatic nitrogens is 1. The molecular formula is C20H19N3O2. The zero-order chi connectivity index (χ0) is 17.8. The van der Waals surface area contributed by atoms with E-state index in [-0.39, 0.29) is 18.2 Å². The number of carbonyl (C=O) groups is 2. The summed E-state index contributed by atoms with van der Waals surface area (Å²) in [6.07, 6.45) is 1.42. The molecule has 0 saturated carbocycles. The monoisotopic (exact) mass is 333 g/mol. The second kappa shape index (κ2) is 7.13. The first kappa shape index (κ1) is 16.6. The number of anilines is 2. The summed E-state index contributed by atoms with van der Waals surface area (Å²) in [4.78, 5) is 28.6. The van der Waals surface area contributed by atoms with Gasteiger partial charge in [0.1, 0.15) is 6.42 Å². The molecule has 0 bridgehead atoms. The fraction of sp³-hybridized carbons (Fsp3) is 0.150. The largest absolute Gasteiger partial charge is 0.325 e. The van der Waals surface area contributed by atoms with Gasteiger partial charge < -0.3 is 10.6 Å². The Hall–Kier alpha value is -3.21. The number of fused-ring (bicyclic) bond motifs is 1. The summed E-state index contributed by atoms with van der Waals surface area (Å²) in [7, 11) is 0. The van der Waals surface area contributed by atoms with E-state index >= 15 is 0 Å². The summed E-state index contributed by atoms with van der Waals surface area (Å²) in [5.41, 5.74) is 4.03. The minimum atomic E-state index is -0.374. The lowest BCUT2D eigenvalue weighted by Gasteiger charge is -2.10. The van der Waals surface area contributed by atoms with Gasteiger partial charge in [0.15, 0.2) is 0 Å². The topological polar surface area (TPSA) is 71.1 Å². The molecule has 0 aliphatic heterocycles. The SMILES string of the molecule is Cc1ccc(C)c(NC(=O)CC(=O)Nc2cccc3cccnc23)c1. The maximum atomic E-state index is 12.2. The lowest BCUT2D eigenvalue weighted by Crippen LogP contribution is -2.22. The smallest absolute Gasteiger partial charge is 0.233 e. The highest BCUT2D eigenvalue weighted by Gasteiger charge is 2.12. The van der Waals surface area contributed by atoms with Gasteiger partial charge in [-0.25, -0.2) is 0 Å². The van der Waals surface area contributed by atoms with Crippen molar-refractivity contribution < 1.29 is 9.59 Å². The zero-order valence-electron chi connectivity index (χ0n) is 14.2. The van der Waals surface area contributed by atoms with Crippen LogP contribution in [0.2, 0.25) is 0 Å². The van der Waals surface area contributed by atoms with Crippen LogP contribution in [0.25, 0.3) is 10.9 Å². The molecule has 3 aromatic rings. The molecule has 3 rings (SSSR count). The Balaban J connectivity index is 1.67. The summed E-state index contributed by atoms with van der Waals surface area (Å²) in [6, 6.07) is 15.1. The minimum Gasteiger partial charge on any atom is -0.325 e. The molecular weight excluding hydrogens is 314 g/mol. The predicted molar refractivity (Wildman–Crippen MR) is 99.5 cm³/mol. The third-order valence-electron chi connectivity index (χ3n) is 3.90. The minimum absolute atomic E-state index is 0.253. The van der Waals surface area contributed by atoms with E-state index in [0.29, 0.717) is 11.2 Å². The van der Waals surface area contributed by atoms with Crippen molar-refractivity contribution in [1.29, 1.82) is 0 Å². The second-order valence-corrected chi connectivity index (χ2v) is 5.97. The number of aryl methyl sites for hydroxylation is 2. The van der Waals surface area contributed by atoms with Crippen molar-refractivity contribution in [3.8, 4) is 0 Å². The molecule has 0 fully saturated rings. The number of rotatable bonds is 4. The Morgan fingerprint density at radius 2 is 1.64 bits per heavy atom. The number of nitrogens with zero attached hydrogens (tertiary/aromatic N) is 1. The van der Waals surface area contributed by atoms with Crippen LogP contribution in [-0.4, -0.2) is 16.8 Å². The molecule has 2 aromatic carbocycles. The number of benzene rings is 2.